The monoisotopic (exact) mass is 332 g/mol. The Kier molecular flexibility index (Phi) is 3.74. The summed E-state index contributed by atoms with van der Waals surface area (Å²) in [6.07, 6.45) is 0. The molecule has 7 nitrogen and oxygen atoms in total. The van der Waals surface area contributed by atoms with Gasteiger partial charge in [-0.3, -0.25) is 0 Å². The molecule has 0 aliphatic carbocycles. The van der Waals surface area contributed by atoms with E-state index in [-0.39, 0.29) is 0 Å². The average Bonchev–Trinajstić information content (AvgIpc) is 3.32. The van der Waals surface area contributed by atoms with E-state index in [4.69, 9.17) is 4.52 Å². The molecule has 0 aliphatic rings. The Morgan fingerprint density at radius 3 is 2.40 bits per heavy atom. The van der Waals surface area contributed by atoms with Crippen LogP contribution in [0.15, 0.2) is 65.2 Å². The summed E-state index contributed by atoms with van der Waals surface area (Å²) in [6.45, 7) is 0. The fraction of sp³-hybridized carbons (Fsp3) is 0.111. The minimum atomic E-state index is 0.538. The summed E-state index contributed by atoms with van der Waals surface area (Å²) in [5.41, 5.74) is 2.97. The zero-order valence-electron chi connectivity index (χ0n) is 13.9. The van der Waals surface area contributed by atoms with E-state index in [1.807, 2.05) is 79.7 Å². The summed E-state index contributed by atoms with van der Waals surface area (Å²) in [5, 5.41) is 16.0. The second-order valence-electron chi connectivity index (χ2n) is 5.77. The number of nitrogens with zero attached hydrogens (tertiary/aromatic N) is 6. The summed E-state index contributed by atoms with van der Waals surface area (Å²) >= 11 is 0. The second kappa shape index (κ2) is 6.20. The Labute approximate surface area is 144 Å². The van der Waals surface area contributed by atoms with E-state index in [1.54, 1.807) is 4.68 Å². The van der Waals surface area contributed by atoms with Gasteiger partial charge in [-0.25, -0.2) is 0 Å². The SMILES string of the molecule is CN(C)c1ccc(-c2cc(-n3nnnc3-c3ccccc3)no2)cc1. The van der Waals surface area contributed by atoms with E-state index in [9.17, 15) is 0 Å². The normalized spacial score (nSPS) is 10.8. The lowest BCUT2D eigenvalue weighted by atomic mass is 10.1. The highest BCUT2D eigenvalue weighted by Gasteiger charge is 2.15. The molecule has 0 unspecified atom stereocenters. The molecule has 0 amide bonds. The van der Waals surface area contributed by atoms with Crippen molar-refractivity contribution in [3.05, 3.63) is 60.7 Å². The van der Waals surface area contributed by atoms with Crippen LogP contribution >= 0.6 is 0 Å². The highest BCUT2D eigenvalue weighted by atomic mass is 16.5. The molecule has 0 N–H and O–H groups in total. The molecule has 4 aromatic rings. The zero-order chi connectivity index (χ0) is 17.2. The maximum absolute atomic E-state index is 5.49. The van der Waals surface area contributed by atoms with Gasteiger partial charge in [0.25, 0.3) is 0 Å². The zero-order valence-corrected chi connectivity index (χ0v) is 13.9. The number of hydrogen-bond acceptors (Lipinski definition) is 6. The quantitative estimate of drug-likeness (QED) is 0.572. The number of aromatic nitrogens is 5. The first-order valence-corrected chi connectivity index (χ1v) is 7.81. The third-order valence-electron chi connectivity index (χ3n) is 3.88. The summed E-state index contributed by atoms with van der Waals surface area (Å²) in [5.74, 6) is 1.81. The predicted molar refractivity (Wildman–Crippen MR) is 94.4 cm³/mol. The second-order valence-corrected chi connectivity index (χ2v) is 5.77. The van der Waals surface area contributed by atoms with Crippen LogP contribution < -0.4 is 4.90 Å². The first-order valence-electron chi connectivity index (χ1n) is 7.81. The Morgan fingerprint density at radius 1 is 0.920 bits per heavy atom. The maximum Gasteiger partial charge on any atom is 0.201 e. The first kappa shape index (κ1) is 15.1. The molecule has 124 valence electrons. The Morgan fingerprint density at radius 2 is 1.68 bits per heavy atom. The van der Waals surface area contributed by atoms with Gasteiger partial charge in [0.2, 0.25) is 5.82 Å². The molecule has 2 heterocycles. The van der Waals surface area contributed by atoms with Gasteiger partial charge in [-0.1, -0.05) is 35.5 Å². The number of rotatable bonds is 4. The lowest BCUT2D eigenvalue weighted by molar-refractivity contribution is 0.426. The van der Waals surface area contributed by atoms with E-state index in [0.29, 0.717) is 17.4 Å². The molecule has 0 atom stereocenters. The lowest BCUT2D eigenvalue weighted by Crippen LogP contribution is -2.07. The van der Waals surface area contributed by atoms with Gasteiger partial charge in [0.15, 0.2) is 11.6 Å². The van der Waals surface area contributed by atoms with Crippen LogP contribution in [-0.4, -0.2) is 39.5 Å². The van der Waals surface area contributed by atoms with E-state index < -0.39 is 0 Å². The third kappa shape index (κ3) is 2.87. The number of anilines is 1. The molecule has 0 spiro atoms. The highest BCUT2D eigenvalue weighted by molar-refractivity contribution is 5.63. The summed E-state index contributed by atoms with van der Waals surface area (Å²) < 4.78 is 7.05. The van der Waals surface area contributed by atoms with Crippen LogP contribution in [-0.2, 0) is 0 Å². The van der Waals surface area contributed by atoms with Crippen LogP contribution in [0.5, 0.6) is 0 Å². The van der Waals surface area contributed by atoms with Crippen molar-refractivity contribution < 1.29 is 4.52 Å². The van der Waals surface area contributed by atoms with Crippen LogP contribution in [0.2, 0.25) is 0 Å². The molecule has 0 aliphatic heterocycles. The molecule has 7 heteroatoms. The number of tetrazole rings is 1. The summed E-state index contributed by atoms with van der Waals surface area (Å²) in [7, 11) is 4.01. The Hall–Kier alpha value is -3.48. The van der Waals surface area contributed by atoms with Crippen molar-refractivity contribution in [3.63, 3.8) is 0 Å². The van der Waals surface area contributed by atoms with Gasteiger partial charge in [0.1, 0.15) is 0 Å². The standard InChI is InChI=1S/C18H16N6O/c1-23(2)15-10-8-13(9-11-15)16-12-17(20-25-16)24-18(19-21-22-24)14-6-4-3-5-7-14/h3-12H,1-2H3. The molecular weight excluding hydrogens is 316 g/mol. The molecule has 0 bridgehead atoms. The van der Waals surface area contributed by atoms with Crippen LogP contribution in [0.1, 0.15) is 0 Å². The molecule has 0 saturated carbocycles. The van der Waals surface area contributed by atoms with Crippen LogP contribution in [0.3, 0.4) is 0 Å². The molecular formula is C18H16N6O. The maximum atomic E-state index is 5.49. The molecule has 2 aromatic heterocycles. The van der Waals surface area contributed by atoms with Gasteiger partial charge in [0.05, 0.1) is 0 Å². The van der Waals surface area contributed by atoms with E-state index in [0.717, 1.165) is 16.8 Å². The smallest absolute Gasteiger partial charge is 0.201 e. The van der Waals surface area contributed by atoms with Gasteiger partial charge in [-0.15, -0.1) is 5.10 Å². The van der Waals surface area contributed by atoms with Crippen LogP contribution in [0.25, 0.3) is 28.5 Å². The van der Waals surface area contributed by atoms with Crippen molar-refractivity contribution in [3.8, 4) is 28.5 Å². The highest BCUT2D eigenvalue weighted by Crippen LogP contribution is 2.25. The van der Waals surface area contributed by atoms with Gasteiger partial charge >= 0.3 is 0 Å². The predicted octanol–water partition coefficient (Wildman–Crippen LogP) is 3.05. The summed E-state index contributed by atoms with van der Waals surface area (Å²) in [6, 6.07) is 19.6. The topological polar surface area (TPSA) is 72.9 Å². The van der Waals surface area contributed by atoms with Gasteiger partial charge in [0, 0.05) is 37.0 Å². The molecule has 25 heavy (non-hydrogen) atoms. The summed E-state index contributed by atoms with van der Waals surface area (Å²) in [4.78, 5) is 2.04. The third-order valence-corrected chi connectivity index (χ3v) is 3.88. The fourth-order valence-electron chi connectivity index (χ4n) is 2.53. The average molecular weight is 332 g/mol. The number of hydrogen-bond donors (Lipinski definition) is 0. The van der Waals surface area contributed by atoms with E-state index in [2.05, 4.69) is 20.7 Å². The van der Waals surface area contributed by atoms with Crippen molar-refractivity contribution in [2.24, 2.45) is 0 Å². The fourth-order valence-corrected chi connectivity index (χ4v) is 2.53. The van der Waals surface area contributed by atoms with E-state index in [1.165, 1.54) is 0 Å². The van der Waals surface area contributed by atoms with Crippen molar-refractivity contribution in [2.45, 2.75) is 0 Å². The van der Waals surface area contributed by atoms with Gasteiger partial charge in [-0.2, -0.15) is 4.68 Å². The van der Waals surface area contributed by atoms with Crippen LogP contribution in [0.4, 0.5) is 5.69 Å². The molecule has 2 aromatic carbocycles. The Bertz CT molecular complexity index is 972. The van der Waals surface area contributed by atoms with Crippen molar-refractivity contribution in [1.29, 1.82) is 0 Å². The van der Waals surface area contributed by atoms with Gasteiger partial charge < -0.3 is 9.42 Å². The minimum absolute atomic E-state index is 0.538. The molecule has 0 radical (unpaired) electrons. The van der Waals surface area contributed by atoms with Crippen molar-refractivity contribution in [1.82, 2.24) is 25.4 Å². The molecule has 4 rings (SSSR count). The molecule has 0 saturated heterocycles. The van der Waals surface area contributed by atoms with Crippen molar-refractivity contribution in [2.75, 3.05) is 19.0 Å². The minimum Gasteiger partial charge on any atom is -0.378 e. The van der Waals surface area contributed by atoms with Crippen LogP contribution in [0, 0.1) is 0 Å². The van der Waals surface area contributed by atoms with Crippen molar-refractivity contribution >= 4 is 5.69 Å². The Balaban J connectivity index is 1.68. The molecule has 0 fully saturated rings. The lowest BCUT2D eigenvalue weighted by Gasteiger charge is -2.11. The van der Waals surface area contributed by atoms with E-state index >= 15 is 0 Å². The number of benzene rings is 2. The largest absolute Gasteiger partial charge is 0.378 e. The first-order chi connectivity index (χ1) is 12.2. The van der Waals surface area contributed by atoms with Gasteiger partial charge in [-0.05, 0) is 34.7 Å².